The number of nitrogens with one attached hydrogen (secondary N) is 1. The van der Waals surface area contributed by atoms with E-state index < -0.39 is 17.6 Å². The summed E-state index contributed by atoms with van der Waals surface area (Å²) in [5.41, 5.74) is 4.69. The number of amides is 1. The predicted octanol–water partition coefficient (Wildman–Crippen LogP) is 2.26. The van der Waals surface area contributed by atoms with Crippen LogP contribution >= 0.6 is 12.2 Å². The maximum Gasteiger partial charge on any atom is 0.586 e. The van der Waals surface area contributed by atoms with Gasteiger partial charge in [0, 0.05) is 11.8 Å². The maximum atomic E-state index is 12.9. The van der Waals surface area contributed by atoms with E-state index in [4.69, 9.17) is 18.0 Å². The van der Waals surface area contributed by atoms with Crippen LogP contribution in [0.2, 0.25) is 0 Å². The van der Waals surface area contributed by atoms with Crippen LogP contribution in [0.15, 0.2) is 18.2 Å². The van der Waals surface area contributed by atoms with Crippen molar-refractivity contribution in [2.45, 2.75) is 20.1 Å². The fourth-order valence-corrected chi connectivity index (χ4v) is 1.52. The second kappa shape index (κ2) is 4.55. The first-order valence-corrected chi connectivity index (χ1v) is 6.04. The van der Waals surface area contributed by atoms with Gasteiger partial charge in [-0.2, -0.15) is 0 Å². The van der Waals surface area contributed by atoms with E-state index in [9.17, 15) is 13.6 Å². The lowest BCUT2D eigenvalue weighted by molar-refractivity contribution is -0.286. The maximum absolute atomic E-state index is 12.9. The first-order valence-electron chi connectivity index (χ1n) is 5.63. The summed E-state index contributed by atoms with van der Waals surface area (Å²) in [6, 6.07) is 3.93. The molecule has 1 aromatic carbocycles. The Kier molecular flexibility index (Phi) is 3.29. The van der Waals surface area contributed by atoms with Gasteiger partial charge in [0.1, 0.15) is 0 Å². The normalized spacial score (nSPS) is 15.8. The summed E-state index contributed by atoms with van der Waals surface area (Å²) in [6.07, 6.45) is -3.69. The molecule has 1 aromatic rings. The Morgan fingerprint density at radius 1 is 1.35 bits per heavy atom. The molecule has 108 valence electrons. The SMILES string of the molecule is CC(C)(C(=O)Nc1ccc2c(c1)OC(F)(F)O2)C(N)=S. The molecule has 20 heavy (non-hydrogen) atoms. The Labute approximate surface area is 119 Å². The largest absolute Gasteiger partial charge is 0.586 e. The number of rotatable bonds is 3. The van der Waals surface area contributed by atoms with E-state index in [1.54, 1.807) is 13.8 Å². The number of alkyl halides is 2. The molecule has 0 saturated carbocycles. The Bertz CT molecular complexity index is 590. The standard InChI is InChI=1S/C12H12F2N2O3S/c1-11(2,9(15)20)10(17)16-6-3-4-7-8(5-6)19-12(13,14)18-7/h3-5H,1-2H3,(H2,15,20)(H,16,17). The highest BCUT2D eigenvalue weighted by Gasteiger charge is 2.43. The molecule has 3 N–H and O–H groups in total. The van der Waals surface area contributed by atoms with Gasteiger partial charge in [-0.1, -0.05) is 12.2 Å². The van der Waals surface area contributed by atoms with Gasteiger partial charge in [0.05, 0.1) is 10.4 Å². The molecule has 5 nitrogen and oxygen atoms in total. The average Bonchev–Trinajstić information content (AvgIpc) is 2.61. The second-order valence-electron chi connectivity index (χ2n) is 4.77. The van der Waals surface area contributed by atoms with Crippen molar-refractivity contribution in [2.75, 3.05) is 5.32 Å². The number of carbonyl (C=O) groups is 1. The fourth-order valence-electron chi connectivity index (χ4n) is 1.43. The van der Waals surface area contributed by atoms with Crippen molar-refractivity contribution < 1.29 is 23.0 Å². The summed E-state index contributed by atoms with van der Waals surface area (Å²) in [4.78, 5) is 12.0. The zero-order valence-corrected chi connectivity index (χ0v) is 11.5. The number of ether oxygens (including phenoxy) is 2. The molecule has 0 aromatic heterocycles. The summed E-state index contributed by atoms with van der Waals surface area (Å²) < 4.78 is 34.3. The molecule has 8 heteroatoms. The monoisotopic (exact) mass is 302 g/mol. The van der Waals surface area contributed by atoms with Crippen LogP contribution in [0, 0.1) is 5.41 Å². The summed E-state index contributed by atoms with van der Waals surface area (Å²) in [7, 11) is 0. The van der Waals surface area contributed by atoms with Crippen LogP contribution in [0.1, 0.15) is 13.8 Å². The lowest BCUT2D eigenvalue weighted by atomic mass is 9.92. The van der Waals surface area contributed by atoms with Crippen LogP contribution in [0.25, 0.3) is 0 Å². The number of anilines is 1. The number of benzene rings is 1. The van der Waals surface area contributed by atoms with Gasteiger partial charge in [0.2, 0.25) is 5.91 Å². The van der Waals surface area contributed by atoms with Gasteiger partial charge < -0.3 is 20.5 Å². The Balaban J connectivity index is 2.18. The first-order chi connectivity index (χ1) is 9.12. The molecule has 0 saturated heterocycles. The molecule has 1 aliphatic rings. The van der Waals surface area contributed by atoms with Crippen molar-refractivity contribution in [1.29, 1.82) is 0 Å². The molecule has 0 radical (unpaired) electrons. The second-order valence-corrected chi connectivity index (χ2v) is 5.21. The van der Waals surface area contributed by atoms with Crippen molar-refractivity contribution in [3.63, 3.8) is 0 Å². The van der Waals surface area contributed by atoms with Crippen molar-refractivity contribution in [3.05, 3.63) is 18.2 Å². The van der Waals surface area contributed by atoms with E-state index in [0.29, 0.717) is 0 Å². The van der Waals surface area contributed by atoms with E-state index in [0.717, 1.165) is 0 Å². The third-order valence-corrected chi connectivity index (χ3v) is 3.35. The van der Waals surface area contributed by atoms with Gasteiger partial charge in [-0.3, -0.25) is 4.79 Å². The molecule has 1 heterocycles. The van der Waals surface area contributed by atoms with E-state index in [-0.39, 0.29) is 22.2 Å². The minimum atomic E-state index is -3.69. The predicted molar refractivity (Wildman–Crippen MR) is 71.8 cm³/mol. The van der Waals surface area contributed by atoms with Crippen LogP contribution < -0.4 is 20.5 Å². The van der Waals surface area contributed by atoms with Crippen LogP contribution in [0.3, 0.4) is 0 Å². The van der Waals surface area contributed by atoms with Crippen molar-refractivity contribution in [2.24, 2.45) is 11.1 Å². The van der Waals surface area contributed by atoms with Crippen molar-refractivity contribution in [3.8, 4) is 11.5 Å². The van der Waals surface area contributed by atoms with Crippen LogP contribution in [0.5, 0.6) is 11.5 Å². The first kappa shape index (κ1) is 14.4. The summed E-state index contributed by atoms with van der Waals surface area (Å²) in [5.74, 6) is -0.696. The zero-order chi connectivity index (χ0) is 15.1. The van der Waals surface area contributed by atoms with Gasteiger partial charge in [-0.15, -0.1) is 8.78 Å². The van der Waals surface area contributed by atoms with Crippen molar-refractivity contribution in [1.82, 2.24) is 0 Å². The summed E-state index contributed by atoms with van der Waals surface area (Å²) in [5, 5.41) is 2.53. The van der Waals surface area contributed by atoms with Gasteiger partial charge >= 0.3 is 6.29 Å². The average molecular weight is 302 g/mol. The zero-order valence-electron chi connectivity index (χ0n) is 10.7. The number of hydrogen-bond acceptors (Lipinski definition) is 4. The van der Waals surface area contributed by atoms with E-state index in [2.05, 4.69) is 14.8 Å². The molecule has 1 aliphatic heterocycles. The fraction of sp³-hybridized carbons (Fsp3) is 0.333. The van der Waals surface area contributed by atoms with Gasteiger partial charge in [-0.25, -0.2) is 0 Å². The molecule has 0 spiro atoms. The third kappa shape index (κ3) is 2.64. The molecule has 0 fully saturated rings. The number of halogens is 2. The quantitative estimate of drug-likeness (QED) is 0.838. The molecule has 1 amide bonds. The van der Waals surface area contributed by atoms with E-state index >= 15 is 0 Å². The minimum absolute atomic E-state index is 0.0299. The highest BCUT2D eigenvalue weighted by atomic mass is 32.1. The van der Waals surface area contributed by atoms with Gasteiger partial charge in [0.15, 0.2) is 11.5 Å². The van der Waals surface area contributed by atoms with Crippen molar-refractivity contribution >= 4 is 28.8 Å². The third-order valence-electron chi connectivity index (χ3n) is 2.84. The number of fused-ring (bicyclic) bond motifs is 1. The lowest BCUT2D eigenvalue weighted by Crippen LogP contribution is -2.41. The lowest BCUT2D eigenvalue weighted by Gasteiger charge is -2.21. The minimum Gasteiger partial charge on any atom is -0.395 e. The van der Waals surface area contributed by atoms with E-state index in [1.807, 2.05) is 0 Å². The van der Waals surface area contributed by atoms with Crippen LogP contribution in [-0.4, -0.2) is 17.2 Å². The molecule has 0 unspecified atom stereocenters. The molecule has 0 aliphatic carbocycles. The Morgan fingerprint density at radius 2 is 1.95 bits per heavy atom. The number of nitrogens with two attached hydrogens (primary N) is 1. The number of thiocarbonyl (C=S) groups is 1. The molecular formula is C12H12F2N2O3S. The molecule has 0 atom stereocenters. The Morgan fingerprint density at radius 3 is 2.55 bits per heavy atom. The van der Waals surface area contributed by atoms with E-state index in [1.165, 1.54) is 18.2 Å². The van der Waals surface area contributed by atoms with Gasteiger partial charge in [0.25, 0.3) is 0 Å². The molecule has 2 rings (SSSR count). The molecular weight excluding hydrogens is 290 g/mol. The topological polar surface area (TPSA) is 73.6 Å². The highest BCUT2D eigenvalue weighted by Crippen LogP contribution is 2.42. The number of hydrogen-bond donors (Lipinski definition) is 2. The smallest absolute Gasteiger partial charge is 0.395 e. The number of carbonyl (C=O) groups excluding carboxylic acids is 1. The molecule has 0 bridgehead atoms. The van der Waals surface area contributed by atoms with Crippen LogP contribution in [-0.2, 0) is 4.79 Å². The Hall–Kier alpha value is -1.96. The highest BCUT2D eigenvalue weighted by molar-refractivity contribution is 7.80. The summed E-state index contributed by atoms with van der Waals surface area (Å²) in [6.45, 7) is 3.12. The van der Waals surface area contributed by atoms with Crippen LogP contribution in [0.4, 0.5) is 14.5 Å². The van der Waals surface area contributed by atoms with Gasteiger partial charge in [-0.05, 0) is 26.0 Å². The summed E-state index contributed by atoms with van der Waals surface area (Å²) >= 11 is 4.81.